The minimum Gasteiger partial charge on any atom is -0.485 e. The Morgan fingerprint density at radius 3 is 1.18 bits per heavy atom. The Labute approximate surface area is 301 Å². The average Bonchev–Trinajstić information content (AvgIpc) is 3.15. The molecule has 254 valence electrons. The fraction of sp³-hybridized carbons (Fsp3) is 0.0882. The van der Waals surface area contributed by atoms with Crippen LogP contribution in [0, 0.1) is 0 Å². The van der Waals surface area contributed by atoms with Crippen LogP contribution in [0.5, 0.6) is 23.0 Å². The quantitative estimate of drug-likeness (QED) is 0.0551. The lowest BCUT2D eigenvalue weighted by Crippen LogP contribution is -2.12. The van der Waals surface area contributed by atoms with Gasteiger partial charge in [-0.1, -0.05) is 91.0 Å². The lowest BCUT2D eigenvalue weighted by molar-refractivity contribution is 0.0722. The summed E-state index contributed by atoms with van der Waals surface area (Å²) in [6.45, 7) is 0.219. The molecule has 0 fully saturated rings. The van der Waals surface area contributed by atoms with Crippen LogP contribution in [-0.2, 0) is 19.8 Å². The van der Waals surface area contributed by atoms with Gasteiger partial charge in [-0.25, -0.2) is 4.79 Å². The van der Waals surface area contributed by atoms with Crippen LogP contribution in [0.15, 0.2) is 128 Å². The van der Waals surface area contributed by atoms with Crippen molar-refractivity contribution in [2.24, 2.45) is 0 Å². The van der Waals surface area contributed by atoms with Crippen LogP contribution in [0.3, 0.4) is 0 Å². The molecule has 0 saturated heterocycles. The van der Waals surface area contributed by atoms with E-state index < -0.39 is 96.9 Å². The molecule has 0 heterocycles. The zero-order chi connectivity index (χ0) is 34.6. The van der Waals surface area contributed by atoms with Crippen LogP contribution in [0.25, 0.3) is 0 Å². The van der Waals surface area contributed by atoms with E-state index in [2.05, 4.69) is 0 Å². The maximum atomic E-state index is 14.2. The van der Waals surface area contributed by atoms with Gasteiger partial charge in [-0.3, -0.25) is 0 Å². The molecule has 0 aliphatic rings. The van der Waals surface area contributed by atoms with E-state index in [-0.39, 0.29) is 42.6 Å². The average molecular weight is 767 g/mol. The Balaban J connectivity index is 1.59. The number of halogens is 5. The van der Waals surface area contributed by atoms with Crippen molar-refractivity contribution in [1.82, 2.24) is 0 Å². The second-order valence-electron chi connectivity index (χ2n) is 9.87. The fourth-order valence-corrected chi connectivity index (χ4v) is 7.27. The predicted molar refractivity (Wildman–Crippen MR) is 185 cm³/mol. The highest BCUT2D eigenvalue weighted by atomic mass is 32.2. The molecule has 5 rings (SSSR count). The van der Waals surface area contributed by atoms with Crippen molar-refractivity contribution in [3.05, 3.63) is 125 Å². The summed E-state index contributed by atoms with van der Waals surface area (Å²) in [5.74, 6) is -1.71. The van der Waals surface area contributed by atoms with Gasteiger partial charge in [-0.15, -0.1) is 0 Å². The van der Waals surface area contributed by atoms with Crippen LogP contribution in [0.1, 0.15) is 27.0 Å². The maximum absolute atomic E-state index is 14.2. The molecule has 49 heavy (non-hydrogen) atoms. The van der Waals surface area contributed by atoms with E-state index in [1.807, 2.05) is 91.0 Å². The number of ether oxygens (including phenoxy) is 4. The van der Waals surface area contributed by atoms with E-state index in [0.717, 1.165) is 16.7 Å². The summed E-state index contributed by atoms with van der Waals surface area (Å²) in [7, 11) is 0. The highest BCUT2D eigenvalue weighted by Crippen LogP contribution is 2.55. The summed E-state index contributed by atoms with van der Waals surface area (Å²) >= 11 is -3.03. The Kier molecular flexibility index (Phi) is 13.8. The molecule has 15 heteroatoms. The van der Waals surface area contributed by atoms with Crippen LogP contribution in [-0.4, -0.2) is 5.97 Å². The lowest BCUT2D eigenvalue weighted by atomic mass is 10.1. The number of carbonyl (C=O) groups is 1. The van der Waals surface area contributed by atoms with Gasteiger partial charge in [0, 0.05) is 0 Å². The Morgan fingerprint density at radius 2 is 0.816 bits per heavy atom. The number of benzene rings is 5. The van der Waals surface area contributed by atoms with Crippen molar-refractivity contribution >= 4 is 66.7 Å². The minimum absolute atomic E-state index is 0.0565. The first-order valence-electron chi connectivity index (χ1n) is 14.1. The van der Waals surface area contributed by atoms with E-state index in [1.54, 1.807) is 0 Å². The maximum Gasteiger partial charge on any atom is 0.343 e. The van der Waals surface area contributed by atoms with Gasteiger partial charge >= 0.3 is 5.97 Å². The van der Waals surface area contributed by atoms with Crippen molar-refractivity contribution in [2.75, 3.05) is 0 Å². The molecule has 0 unspecified atom stereocenters. The smallest absolute Gasteiger partial charge is 0.343 e. The number of hydrogen-bond donors (Lipinski definition) is 0. The molecule has 0 aliphatic carbocycles. The van der Waals surface area contributed by atoms with Crippen molar-refractivity contribution < 1.29 is 43.2 Å². The molecule has 5 nitrogen and oxygen atoms in total. The molecule has 0 spiro atoms. The van der Waals surface area contributed by atoms with Gasteiger partial charge in [0.1, 0.15) is 29.6 Å². The third kappa shape index (κ3) is 9.14. The predicted octanol–water partition coefficient (Wildman–Crippen LogP) is 12.5. The molecule has 0 N–H and O–H groups in total. The van der Waals surface area contributed by atoms with E-state index in [9.17, 15) is 24.2 Å². The van der Waals surface area contributed by atoms with Crippen molar-refractivity contribution in [3.8, 4) is 23.0 Å². The van der Waals surface area contributed by atoms with Gasteiger partial charge < -0.3 is 18.9 Å². The van der Waals surface area contributed by atoms with E-state index in [0.29, 0.717) is 0 Å². The molecule has 0 saturated carbocycles. The molecule has 5 aromatic rings. The molecule has 0 bridgehead atoms. The molecule has 0 aliphatic heterocycles. The summed E-state index contributed by atoms with van der Waals surface area (Å²) in [5, 5.41) is 0. The first-order chi connectivity index (χ1) is 24.0. The first kappa shape index (κ1) is 36.6. The number of hydrogen-bond acceptors (Lipinski definition) is 10. The van der Waals surface area contributed by atoms with Crippen LogP contribution < -0.4 is 18.9 Å². The molecule has 5 aromatic carbocycles. The zero-order valence-corrected chi connectivity index (χ0v) is 29.0. The third-order valence-corrected chi connectivity index (χ3v) is 10.1. The minimum atomic E-state index is -1.18. The number of rotatable bonds is 16. The van der Waals surface area contributed by atoms with Crippen LogP contribution >= 0.6 is 60.7 Å². The summed E-state index contributed by atoms with van der Waals surface area (Å²) in [6.07, 6.45) is 0. The Hall–Kier alpha value is -3.63. The van der Waals surface area contributed by atoms with Gasteiger partial charge in [-0.05, 0) is 28.8 Å². The fourth-order valence-electron chi connectivity index (χ4n) is 4.46. The summed E-state index contributed by atoms with van der Waals surface area (Å²) in [4.78, 5) is 10.1. The molecule has 0 radical (unpaired) electrons. The van der Waals surface area contributed by atoms with E-state index >= 15 is 0 Å². The second kappa shape index (κ2) is 18.4. The summed E-state index contributed by atoms with van der Waals surface area (Å²) < 4.78 is 94.0. The van der Waals surface area contributed by atoms with Crippen molar-refractivity contribution in [3.63, 3.8) is 0 Å². The molecule has 0 aromatic heterocycles. The lowest BCUT2D eigenvalue weighted by Gasteiger charge is -2.20. The van der Waals surface area contributed by atoms with Crippen LogP contribution in [0.4, 0.5) is 19.4 Å². The van der Waals surface area contributed by atoms with Gasteiger partial charge in [-0.2, -0.15) is 19.4 Å². The van der Waals surface area contributed by atoms with Gasteiger partial charge in [0.25, 0.3) is 0 Å². The Bertz CT molecular complexity index is 1760. The van der Waals surface area contributed by atoms with Gasteiger partial charge in [0.15, 0.2) is 17.2 Å². The Morgan fingerprint density at radius 1 is 0.469 bits per heavy atom. The van der Waals surface area contributed by atoms with Crippen molar-refractivity contribution in [1.29, 1.82) is 0 Å². The van der Waals surface area contributed by atoms with Gasteiger partial charge in [0.05, 0.1) is 81.0 Å². The second-order valence-corrected chi connectivity index (χ2v) is 12.7. The third-order valence-electron chi connectivity index (χ3n) is 6.77. The van der Waals surface area contributed by atoms with Gasteiger partial charge in [0.2, 0.25) is 5.75 Å². The van der Waals surface area contributed by atoms with E-state index in [4.69, 9.17) is 18.9 Å². The summed E-state index contributed by atoms with van der Waals surface area (Å²) in [5.41, 5.74) is 2.21. The molecular weight excluding hydrogens is 744 g/mol. The normalized spacial score (nSPS) is 10.9. The van der Waals surface area contributed by atoms with Crippen LogP contribution in [0.2, 0.25) is 0 Å². The number of esters is 1. The summed E-state index contributed by atoms with van der Waals surface area (Å²) in [6, 6.07) is 30.2. The monoisotopic (exact) mass is 766 g/mol. The molecular formula is C34H23F5O5S5. The SMILES string of the molecule is O=C(Oc1c(SF)c(SF)c(SF)c(SF)c1SF)c1cc(OCc2ccccc2)c(OCc2ccccc2)c(OCc2ccccc2)c1. The van der Waals surface area contributed by atoms with E-state index in [1.165, 1.54) is 12.1 Å². The zero-order valence-electron chi connectivity index (χ0n) is 24.9. The number of carbonyl (C=O) groups excluding carboxylic acids is 1. The standard InChI is InChI=1S/C34H23F5O5S5/c35-45-29-28(30(46-36)32(48-38)33(49-39)31(29)47-37)44-34(40)24-16-25(41-18-21-10-4-1-5-11-21)27(43-20-23-14-8-3-9-15-23)26(17-24)42-19-22-12-6-2-7-13-22/h1-17H,18-20H2. The largest absolute Gasteiger partial charge is 0.485 e. The topological polar surface area (TPSA) is 54.0 Å². The molecule has 0 atom stereocenters. The highest BCUT2D eigenvalue weighted by molar-refractivity contribution is 8.00. The first-order valence-corrected chi connectivity index (χ1v) is 17.7. The highest BCUT2D eigenvalue weighted by Gasteiger charge is 2.31. The van der Waals surface area contributed by atoms with Crippen molar-refractivity contribution in [2.45, 2.75) is 44.3 Å². The molecule has 0 amide bonds.